The molecule has 1 aromatic carbocycles. The van der Waals surface area contributed by atoms with Crippen LogP contribution in [0.25, 0.3) is 0 Å². The lowest BCUT2D eigenvalue weighted by molar-refractivity contribution is -0.133. The van der Waals surface area contributed by atoms with Gasteiger partial charge in [-0.1, -0.05) is 18.2 Å². The third-order valence-corrected chi connectivity index (χ3v) is 5.54. The first-order valence-corrected chi connectivity index (χ1v) is 9.65. The number of anilines is 1. The lowest BCUT2D eigenvalue weighted by atomic mass is 9.95. The van der Waals surface area contributed by atoms with Gasteiger partial charge in [0.1, 0.15) is 0 Å². The number of carbonyl (C=O) groups excluding carboxylic acids is 2. The normalized spacial score (nSPS) is 16.8. The van der Waals surface area contributed by atoms with Crippen LogP contribution >= 0.6 is 0 Å². The molecule has 2 heterocycles. The number of hydrogen-bond acceptors (Lipinski definition) is 4. The average molecular weight is 364 g/mol. The van der Waals surface area contributed by atoms with Gasteiger partial charge in [0.25, 0.3) is 0 Å². The molecule has 1 aromatic heterocycles. The summed E-state index contributed by atoms with van der Waals surface area (Å²) in [6.07, 6.45) is 8.50. The number of fused-ring (bicyclic) bond motifs is 1. The van der Waals surface area contributed by atoms with E-state index >= 15 is 0 Å². The third kappa shape index (κ3) is 4.15. The Kier molecular flexibility index (Phi) is 5.14. The minimum Gasteiger partial charge on any atom is -0.342 e. The lowest BCUT2D eigenvalue weighted by Crippen LogP contribution is -2.42. The van der Waals surface area contributed by atoms with Crippen molar-refractivity contribution in [3.63, 3.8) is 0 Å². The van der Waals surface area contributed by atoms with Crippen molar-refractivity contribution in [1.29, 1.82) is 0 Å². The predicted octanol–water partition coefficient (Wildman–Crippen LogP) is 2.39. The molecule has 140 valence electrons. The highest BCUT2D eigenvalue weighted by atomic mass is 16.2. The van der Waals surface area contributed by atoms with E-state index < -0.39 is 0 Å². The summed E-state index contributed by atoms with van der Waals surface area (Å²) in [5.41, 5.74) is 3.93. The van der Waals surface area contributed by atoms with Crippen molar-refractivity contribution in [2.24, 2.45) is 5.92 Å². The highest BCUT2D eigenvalue weighted by molar-refractivity contribution is 5.91. The van der Waals surface area contributed by atoms with Crippen LogP contribution < -0.4 is 5.32 Å². The van der Waals surface area contributed by atoms with Crippen molar-refractivity contribution < 1.29 is 9.59 Å². The van der Waals surface area contributed by atoms with E-state index in [0.29, 0.717) is 38.3 Å². The first-order valence-electron chi connectivity index (χ1n) is 9.65. The number of rotatable bonds is 4. The molecule has 6 heteroatoms. The summed E-state index contributed by atoms with van der Waals surface area (Å²) < 4.78 is 0. The molecule has 4 rings (SSSR count). The van der Waals surface area contributed by atoms with Crippen molar-refractivity contribution >= 4 is 17.8 Å². The number of piperidine rings is 1. The molecule has 1 N–H and O–H groups in total. The molecule has 0 saturated carbocycles. The van der Waals surface area contributed by atoms with E-state index in [9.17, 15) is 9.59 Å². The molecule has 1 saturated heterocycles. The number of nitrogens with zero attached hydrogens (tertiary/aromatic N) is 3. The van der Waals surface area contributed by atoms with Crippen molar-refractivity contribution in [2.75, 3.05) is 18.4 Å². The van der Waals surface area contributed by atoms with Gasteiger partial charge in [-0.05, 0) is 54.9 Å². The fraction of sp³-hybridized carbons (Fsp3) is 0.429. The van der Waals surface area contributed by atoms with E-state index in [0.717, 1.165) is 18.4 Å². The molecule has 0 radical (unpaired) electrons. The number of nitrogens with one attached hydrogen (secondary N) is 1. The fourth-order valence-electron chi connectivity index (χ4n) is 3.99. The maximum atomic E-state index is 12.6. The van der Waals surface area contributed by atoms with Crippen LogP contribution in [0.3, 0.4) is 0 Å². The molecule has 0 bridgehead atoms. The average Bonchev–Trinajstić information content (AvgIpc) is 3.16. The molecule has 1 fully saturated rings. The molecule has 0 spiro atoms. The smallest absolute Gasteiger partial charge is 0.229 e. The molecule has 2 aromatic rings. The summed E-state index contributed by atoms with van der Waals surface area (Å²) in [7, 11) is 0. The van der Waals surface area contributed by atoms with E-state index in [1.165, 1.54) is 17.5 Å². The largest absolute Gasteiger partial charge is 0.342 e. The van der Waals surface area contributed by atoms with E-state index in [4.69, 9.17) is 0 Å². The number of aromatic nitrogens is 2. The van der Waals surface area contributed by atoms with Crippen LogP contribution in [0.15, 0.2) is 36.7 Å². The van der Waals surface area contributed by atoms with Gasteiger partial charge < -0.3 is 4.90 Å². The molecule has 1 aliphatic heterocycles. The number of amides is 2. The molecule has 2 aliphatic rings. The second-order valence-electron chi connectivity index (χ2n) is 7.35. The van der Waals surface area contributed by atoms with Crippen molar-refractivity contribution in [3.05, 3.63) is 53.3 Å². The Labute approximate surface area is 159 Å². The maximum Gasteiger partial charge on any atom is 0.229 e. The monoisotopic (exact) mass is 364 g/mol. The van der Waals surface area contributed by atoms with Gasteiger partial charge in [0.2, 0.25) is 17.8 Å². The quantitative estimate of drug-likeness (QED) is 0.904. The molecule has 27 heavy (non-hydrogen) atoms. The zero-order valence-electron chi connectivity index (χ0n) is 15.4. The fourth-order valence-corrected chi connectivity index (χ4v) is 3.99. The Morgan fingerprint density at radius 1 is 1.07 bits per heavy atom. The van der Waals surface area contributed by atoms with Crippen LogP contribution in [0.2, 0.25) is 0 Å². The summed E-state index contributed by atoms with van der Waals surface area (Å²) in [6, 6.07) is 8.16. The van der Waals surface area contributed by atoms with E-state index in [-0.39, 0.29) is 17.7 Å². The van der Waals surface area contributed by atoms with E-state index in [2.05, 4.69) is 33.5 Å². The van der Waals surface area contributed by atoms with Gasteiger partial charge in [0.15, 0.2) is 0 Å². The van der Waals surface area contributed by atoms with Crippen LogP contribution in [0.1, 0.15) is 36.0 Å². The Hall–Kier alpha value is -2.76. The van der Waals surface area contributed by atoms with Gasteiger partial charge in [-0.3, -0.25) is 14.9 Å². The number of hydrogen-bond donors (Lipinski definition) is 1. The SMILES string of the molecule is O=C(Nc1ncccn1)C1CCN(C(=O)Cc2ccc3c(c2)CCC3)CC1. The molecule has 0 unspecified atom stereocenters. The number of aryl methyl sites for hydroxylation is 2. The summed E-state index contributed by atoms with van der Waals surface area (Å²) in [6.45, 7) is 1.25. The van der Waals surface area contributed by atoms with Gasteiger partial charge in [-0.2, -0.15) is 0 Å². The molecule has 2 amide bonds. The van der Waals surface area contributed by atoms with Crippen molar-refractivity contribution in [2.45, 2.75) is 38.5 Å². The molecule has 1 aliphatic carbocycles. The van der Waals surface area contributed by atoms with Crippen molar-refractivity contribution in [1.82, 2.24) is 14.9 Å². The Balaban J connectivity index is 1.28. The summed E-state index contributed by atoms with van der Waals surface area (Å²) in [4.78, 5) is 34.9. The maximum absolute atomic E-state index is 12.6. The van der Waals surface area contributed by atoms with Crippen LogP contribution in [0.4, 0.5) is 5.95 Å². The van der Waals surface area contributed by atoms with E-state index in [1.807, 2.05) is 4.90 Å². The zero-order chi connectivity index (χ0) is 18.6. The van der Waals surface area contributed by atoms with Gasteiger partial charge in [-0.25, -0.2) is 9.97 Å². The number of likely N-dealkylation sites (tertiary alicyclic amines) is 1. The summed E-state index contributed by atoms with van der Waals surface area (Å²) >= 11 is 0. The molecule has 0 atom stereocenters. The summed E-state index contributed by atoms with van der Waals surface area (Å²) in [5.74, 6) is 0.320. The minimum absolute atomic E-state index is 0.0630. The van der Waals surface area contributed by atoms with Gasteiger partial charge in [0, 0.05) is 31.4 Å². The predicted molar refractivity (Wildman–Crippen MR) is 102 cm³/mol. The van der Waals surface area contributed by atoms with Gasteiger partial charge in [-0.15, -0.1) is 0 Å². The number of benzene rings is 1. The first-order chi connectivity index (χ1) is 13.2. The Morgan fingerprint density at radius 2 is 1.81 bits per heavy atom. The van der Waals surface area contributed by atoms with Crippen LogP contribution in [-0.2, 0) is 28.9 Å². The topological polar surface area (TPSA) is 75.2 Å². The highest BCUT2D eigenvalue weighted by Crippen LogP contribution is 2.24. The van der Waals surface area contributed by atoms with E-state index in [1.54, 1.807) is 18.5 Å². The second kappa shape index (κ2) is 7.86. The van der Waals surface area contributed by atoms with Gasteiger partial charge >= 0.3 is 0 Å². The second-order valence-corrected chi connectivity index (χ2v) is 7.35. The first kappa shape index (κ1) is 17.6. The minimum atomic E-state index is -0.0992. The third-order valence-electron chi connectivity index (χ3n) is 5.54. The Bertz CT molecular complexity index is 829. The molecular formula is C21H24N4O2. The van der Waals surface area contributed by atoms with Crippen molar-refractivity contribution in [3.8, 4) is 0 Å². The zero-order valence-corrected chi connectivity index (χ0v) is 15.4. The lowest BCUT2D eigenvalue weighted by Gasteiger charge is -2.31. The molecule has 6 nitrogen and oxygen atoms in total. The van der Waals surface area contributed by atoms with Crippen LogP contribution in [0.5, 0.6) is 0 Å². The highest BCUT2D eigenvalue weighted by Gasteiger charge is 2.27. The summed E-state index contributed by atoms with van der Waals surface area (Å²) in [5, 5.41) is 2.75. The Morgan fingerprint density at radius 3 is 2.59 bits per heavy atom. The number of carbonyl (C=O) groups is 2. The van der Waals surface area contributed by atoms with Gasteiger partial charge in [0.05, 0.1) is 6.42 Å². The van der Waals surface area contributed by atoms with Crippen LogP contribution in [0, 0.1) is 5.92 Å². The van der Waals surface area contributed by atoms with Crippen LogP contribution in [-0.4, -0.2) is 39.8 Å². The molecular weight excluding hydrogens is 340 g/mol. The standard InChI is InChI=1S/C21H24N4O2/c26-19(14-15-5-6-16-3-1-4-18(16)13-15)25-11-7-17(8-12-25)20(27)24-21-22-9-2-10-23-21/h2,5-6,9-10,13,17H,1,3-4,7-8,11-12,14H2,(H,22,23,24,27).